The van der Waals surface area contributed by atoms with E-state index in [1.54, 1.807) is 11.3 Å². The molecule has 0 spiro atoms. The van der Waals surface area contributed by atoms with Gasteiger partial charge < -0.3 is 20.4 Å². The highest BCUT2D eigenvalue weighted by molar-refractivity contribution is 7.07. The zero-order valence-corrected chi connectivity index (χ0v) is 16.2. The van der Waals surface area contributed by atoms with Crippen LogP contribution < -0.4 is 10.6 Å². The van der Waals surface area contributed by atoms with Crippen LogP contribution in [0.2, 0.25) is 0 Å². The molecule has 2 N–H and O–H groups in total. The predicted octanol–water partition coefficient (Wildman–Crippen LogP) is 2.04. The van der Waals surface area contributed by atoms with E-state index in [1.165, 1.54) is 38.2 Å². The van der Waals surface area contributed by atoms with Gasteiger partial charge in [0.15, 0.2) is 5.96 Å². The number of likely N-dealkylation sites (N-methyl/N-ethyl adjacent to an activating group) is 1. The van der Waals surface area contributed by atoms with Crippen LogP contribution in [0.4, 0.5) is 0 Å². The van der Waals surface area contributed by atoms with E-state index in [-0.39, 0.29) is 0 Å². The molecule has 2 rings (SSSR count). The summed E-state index contributed by atoms with van der Waals surface area (Å²) in [5, 5.41) is 11.2. The Morgan fingerprint density at radius 1 is 1.29 bits per heavy atom. The van der Waals surface area contributed by atoms with Crippen molar-refractivity contribution >= 4 is 17.3 Å². The molecule has 0 bridgehead atoms. The van der Waals surface area contributed by atoms with E-state index in [0.717, 1.165) is 32.1 Å². The molecule has 136 valence electrons. The molecule has 1 saturated heterocycles. The molecule has 1 fully saturated rings. The third kappa shape index (κ3) is 6.79. The highest BCUT2D eigenvalue weighted by Gasteiger charge is 2.11. The summed E-state index contributed by atoms with van der Waals surface area (Å²) >= 11 is 1.76. The van der Waals surface area contributed by atoms with Gasteiger partial charge in [0.2, 0.25) is 0 Å². The Balaban J connectivity index is 1.74. The van der Waals surface area contributed by atoms with Crippen molar-refractivity contribution in [2.24, 2.45) is 4.99 Å². The molecule has 0 aromatic carbocycles. The second-order valence-corrected chi connectivity index (χ2v) is 7.38. The van der Waals surface area contributed by atoms with E-state index in [9.17, 15) is 0 Å². The van der Waals surface area contributed by atoms with Gasteiger partial charge in [-0.1, -0.05) is 6.92 Å². The molecule has 6 heteroatoms. The first-order valence-electron chi connectivity index (χ1n) is 9.14. The first-order chi connectivity index (χ1) is 11.7. The van der Waals surface area contributed by atoms with Crippen LogP contribution in [-0.4, -0.2) is 75.2 Å². The first kappa shape index (κ1) is 19.2. The van der Waals surface area contributed by atoms with Gasteiger partial charge >= 0.3 is 0 Å². The molecular formula is C18H33N5S. The Bertz CT molecular complexity index is 474. The van der Waals surface area contributed by atoms with Crippen molar-refractivity contribution in [3.8, 4) is 0 Å². The zero-order valence-electron chi connectivity index (χ0n) is 15.4. The Morgan fingerprint density at radius 2 is 2.17 bits per heavy atom. The molecule has 1 atom stereocenters. The number of guanidine groups is 1. The predicted molar refractivity (Wildman–Crippen MR) is 105 cm³/mol. The molecule has 1 aliphatic heterocycles. The minimum Gasteiger partial charge on any atom is -0.357 e. The SMILES string of the molecule is CCNC(=NCC(C)c1ccsc1)NCCN1CCCN(C)CC1. The number of hydrogen-bond acceptors (Lipinski definition) is 4. The number of thiophene rings is 1. The van der Waals surface area contributed by atoms with Crippen LogP contribution in [0.3, 0.4) is 0 Å². The molecule has 0 amide bonds. The van der Waals surface area contributed by atoms with E-state index in [1.807, 2.05) is 0 Å². The average Bonchev–Trinajstić information content (AvgIpc) is 3.03. The average molecular weight is 352 g/mol. The van der Waals surface area contributed by atoms with Gasteiger partial charge in [0, 0.05) is 45.2 Å². The summed E-state index contributed by atoms with van der Waals surface area (Å²) in [6, 6.07) is 2.20. The van der Waals surface area contributed by atoms with Crippen molar-refractivity contribution in [1.29, 1.82) is 0 Å². The van der Waals surface area contributed by atoms with Crippen LogP contribution in [-0.2, 0) is 0 Å². The highest BCUT2D eigenvalue weighted by atomic mass is 32.1. The summed E-state index contributed by atoms with van der Waals surface area (Å²) in [6.07, 6.45) is 1.27. The van der Waals surface area contributed by atoms with Crippen molar-refractivity contribution in [3.63, 3.8) is 0 Å². The molecule has 24 heavy (non-hydrogen) atoms. The summed E-state index contributed by atoms with van der Waals surface area (Å²) in [4.78, 5) is 9.73. The monoisotopic (exact) mass is 351 g/mol. The summed E-state index contributed by atoms with van der Waals surface area (Å²) < 4.78 is 0. The maximum Gasteiger partial charge on any atom is 0.191 e. The molecule has 1 aliphatic rings. The van der Waals surface area contributed by atoms with E-state index in [4.69, 9.17) is 4.99 Å². The Hall–Kier alpha value is -1.11. The molecular weight excluding hydrogens is 318 g/mol. The van der Waals surface area contributed by atoms with Crippen LogP contribution in [0.5, 0.6) is 0 Å². The lowest BCUT2D eigenvalue weighted by atomic mass is 10.1. The number of nitrogens with zero attached hydrogens (tertiary/aromatic N) is 3. The summed E-state index contributed by atoms with van der Waals surface area (Å²) in [7, 11) is 2.21. The zero-order chi connectivity index (χ0) is 17.2. The van der Waals surface area contributed by atoms with Gasteiger partial charge in [0.1, 0.15) is 0 Å². The second-order valence-electron chi connectivity index (χ2n) is 6.60. The third-order valence-corrected chi connectivity index (χ3v) is 5.21. The van der Waals surface area contributed by atoms with Gasteiger partial charge in [-0.3, -0.25) is 4.99 Å². The van der Waals surface area contributed by atoms with Crippen molar-refractivity contribution in [1.82, 2.24) is 20.4 Å². The fraction of sp³-hybridized carbons (Fsp3) is 0.722. The van der Waals surface area contributed by atoms with Crippen LogP contribution in [0.15, 0.2) is 21.8 Å². The van der Waals surface area contributed by atoms with Gasteiger partial charge in [0.25, 0.3) is 0 Å². The summed E-state index contributed by atoms with van der Waals surface area (Å²) in [5.41, 5.74) is 1.38. The Morgan fingerprint density at radius 3 is 2.92 bits per heavy atom. The minimum absolute atomic E-state index is 0.466. The standard InChI is InChI=1S/C18H33N5S/c1-4-19-18(21-14-16(2)17-6-13-24-15-17)20-7-10-23-9-5-8-22(3)11-12-23/h6,13,15-16H,4-5,7-12,14H2,1-3H3,(H2,19,20,21). The maximum absolute atomic E-state index is 4.75. The first-order valence-corrected chi connectivity index (χ1v) is 10.1. The van der Waals surface area contributed by atoms with E-state index >= 15 is 0 Å². The highest BCUT2D eigenvalue weighted by Crippen LogP contribution is 2.18. The van der Waals surface area contributed by atoms with Gasteiger partial charge in [-0.05, 0) is 55.9 Å². The summed E-state index contributed by atoms with van der Waals surface area (Å²) in [6.45, 7) is 12.9. The van der Waals surface area contributed by atoms with Gasteiger partial charge in [0.05, 0.1) is 0 Å². The Kier molecular flexibility index (Phi) is 8.56. The van der Waals surface area contributed by atoms with Crippen LogP contribution >= 0.6 is 11.3 Å². The van der Waals surface area contributed by atoms with E-state index in [2.05, 4.69) is 58.2 Å². The molecule has 2 heterocycles. The topological polar surface area (TPSA) is 42.9 Å². The van der Waals surface area contributed by atoms with Gasteiger partial charge in [-0.25, -0.2) is 0 Å². The molecule has 1 aromatic heterocycles. The van der Waals surface area contributed by atoms with Crippen molar-refractivity contribution < 1.29 is 0 Å². The molecule has 5 nitrogen and oxygen atoms in total. The lowest BCUT2D eigenvalue weighted by Crippen LogP contribution is -2.42. The van der Waals surface area contributed by atoms with Crippen molar-refractivity contribution in [2.45, 2.75) is 26.2 Å². The molecule has 0 radical (unpaired) electrons. The summed E-state index contributed by atoms with van der Waals surface area (Å²) in [5.74, 6) is 1.40. The largest absolute Gasteiger partial charge is 0.357 e. The molecule has 1 unspecified atom stereocenters. The Labute approximate surface area is 151 Å². The van der Waals surface area contributed by atoms with E-state index in [0.29, 0.717) is 5.92 Å². The molecule has 0 aliphatic carbocycles. The quantitative estimate of drug-likeness (QED) is 0.583. The fourth-order valence-electron chi connectivity index (χ4n) is 2.89. The van der Waals surface area contributed by atoms with E-state index < -0.39 is 0 Å². The smallest absolute Gasteiger partial charge is 0.191 e. The molecule has 1 aromatic rings. The maximum atomic E-state index is 4.75. The van der Waals surface area contributed by atoms with Crippen LogP contribution in [0.1, 0.15) is 31.7 Å². The molecule has 0 saturated carbocycles. The fourth-order valence-corrected chi connectivity index (χ4v) is 3.67. The van der Waals surface area contributed by atoms with Crippen molar-refractivity contribution in [3.05, 3.63) is 22.4 Å². The number of nitrogens with one attached hydrogen (secondary N) is 2. The number of aliphatic imine (C=N–C) groups is 1. The number of hydrogen-bond donors (Lipinski definition) is 2. The lowest BCUT2D eigenvalue weighted by molar-refractivity contribution is 0.280. The second kappa shape index (κ2) is 10.7. The third-order valence-electron chi connectivity index (χ3n) is 4.51. The minimum atomic E-state index is 0.466. The van der Waals surface area contributed by atoms with Gasteiger partial charge in [-0.15, -0.1) is 0 Å². The van der Waals surface area contributed by atoms with Gasteiger partial charge in [-0.2, -0.15) is 11.3 Å². The van der Waals surface area contributed by atoms with Crippen LogP contribution in [0, 0.1) is 0 Å². The number of rotatable bonds is 7. The normalized spacial score (nSPS) is 19.0. The van der Waals surface area contributed by atoms with Crippen LogP contribution in [0.25, 0.3) is 0 Å². The van der Waals surface area contributed by atoms with Crippen molar-refractivity contribution in [2.75, 3.05) is 59.4 Å². The lowest BCUT2D eigenvalue weighted by Gasteiger charge is -2.21.